The number of rotatable bonds is 39. The first-order valence-corrected chi connectivity index (χ1v) is 19.3. The second kappa shape index (κ2) is 40.0. The van der Waals surface area contributed by atoms with Crippen molar-refractivity contribution in [2.45, 2.75) is 168 Å². The Labute approximate surface area is 283 Å². The second-order valence-electron chi connectivity index (χ2n) is 12.5. The van der Waals surface area contributed by atoms with Crippen molar-refractivity contribution >= 4 is 11.9 Å². The Morgan fingerprint density at radius 2 is 0.522 bits per heavy atom. The number of esters is 2. The standard InChI is InChI=1S/C38H74O8/c1-3-5-7-9-11-12-13-14-15-16-17-18-20-22-24-26-38(40)46-36-34-44-32-30-42-28-27-41-29-31-43-33-35-45-37(39)25-23-21-19-10-8-6-4-2/h3-36H2,1-2H3. The summed E-state index contributed by atoms with van der Waals surface area (Å²) in [4.78, 5) is 23.6. The molecule has 0 spiro atoms. The van der Waals surface area contributed by atoms with Gasteiger partial charge in [-0.2, -0.15) is 0 Å². The third-order valence-corrected chi connectivity index (χ3v) is 8.07. The molecule has 0 aliphatic carbocycles. The van der Waals surface area contributed by atoms with Gasteiger partial charge < -0.3 is 28.4 Å². The molecule has 0 saturated heterocycles. The summed E-state index contributed by atoms with van der Waals surface area (Å²) in [6.07, 6.45) is 29.1. The van der Waals surface area contributed by atoms with E-state index in [4.69, 9.17) is 28.4 Å². The minimum absolute atomic E-state index is 0.129. The first-order valence-electron chi connectivity index (χ1n) is 19.3. The van der Waals surface area contributed by atoms with E-state index in [9.17, 15) is 9.59 Å². The topological polar surface area (TPSA) is 89.5 Å². The van der Waals surface area contributed by atoms with Crippen molar-refractivity contribution < 1.29 is 38.0 Å². The van der Waals surface area contributed by atoms with Gasteiger partial charge in [0.05, 0.1) is 52.9 Å². The largest absolute Gasteiger partial charge is 0.463 e. The van der Waals surface area contributed by atoms with Crippen molar-refractivity contribution in [3.05, 3.63) is 0 Å². The van der Waals surface area contributed by atoms with Gasteiger partial charge in [0.2, 0.25) is 0 Å². The molecule has 0 atom stereocenters. The molecule has 0 heterocycles. The van der Waals surface area contributed by atoms with Crippen LogP contribution in [0.4, 0.5) is 0 Å². The maximum Gasteiger partial charge on any atom is 0.305 e. The summed E-state index contributed by atoms with van der Waals surface area (Å²) in [6.45, 7) is 8.65. The average molecular weight is 659 g/mol. The van der Waals surface area contributed by atoms with E-state index in [1.807, 2.05) is 0 Å². The number of hydrogen-bond donors (Lipinski definition) is 0. The molecule has 0 saturated carbocycles. The Balaban J connectivity index is 3.20. The molecule has 0 aliphatic rings. The van der Waals surface area contributed by atoms with Gasteiger partial charge in [0.15, 0.2) is 0 Å². The molecule has 0 aliphatic heterocycles. The maximum absolute atomic E-state index is 11.9. The van der Waals surface area contributed by atoms with E-state index in [0.717, 1.165) is 25.7 Å². The summed E-state index contributed by atoms with van der Waals surface area (Å²) in [6, 6.07) is 0. The molecule has 0 unspecified atom stereocenters. The molecule has 0 N–H and O–H groups in total. The van der Waals surface area contributed by atoms with E-state index in [2.05, 4.69) is 13.8 Å². The van der Waals surface area contributed by atoms with E-state index >= 15 is 0 Å². The third-order valence-electron chi connectivity index (χ3n) is 8.07. The van der Waals surface area contributed by atoms with Crippen molar-refractivity contribution in [3.8, 4) is 0 Å². The summed E-state index contributed by atoms with van der Waals surface area (Å²) >= 11 is 0. The zero-order valence-corrected chi connectivity index (χ0v) is 30.3. The maximum atomic E-state index is 11.9. The van der Waals surface area contributed by atoms with Gasteiger partial charge in [-0.3, -0.25) is 9.59 Å². The summed E-state index contributed by atoms with van der Waals surface area (Å²) in [5.41, 5.74) is 0. The highest BCUT2D eigenvalue weighted by Gasteiger charge is 2.04. The summed E-state index contributed by atoms with van der Waals surface area (Å²) in [7, 11) is 0. The Kier molecular flexibility index (Phi) is 38.9. The zero-order valence-electron chi connectivity index (χ0n) is 30.3. The second-order valence-corrected chi connectivity index (χ2v) is 12.5. The fourth-order valence-electron chi connectivity index (χ4n) is 5.20. The van der Waals surface area contributed by atoms with E-state index in [1.54, 1.807) is 0 Å². The minimum atomic E-state index is -0.138. The lowest BCUT2D eigenvalue weighted by molar-refractivity contribution is -0.146. The Hall–Kier alpha value is -1.22. The molecule has 46 heavy (non-hydrogen) atoms. The van der Waals surface area contributed by atoms with Crippen LogP contribution in [-0.2, 0) is 38.0 Å². The molecule has 0 radical (unpaired) electrons. The minimum Gasteiger partial charge on any atom is -0.463 e. The van der Waals surface area contributed by atoms with Gasteiger partial charge in [-0.05, 0) is 12.8 Å². The van der Waals surface area contributed by atoms with Crippen molar-refractivity contribution in [2.75, 3.05) is 66.1 Å². The smallest absolute Gasteiger partial charge is 0.305 e. The van der Waals surface area contributed by atoms with Gasteiger partial charge in [0.25, 0.3) is 0 Å². The number of hydrogen-bond acceptors (Lipinski definition) is 8. The highest BCUT2D eigenvalue weighted by atomic mass is 16.6. The quantitative estimate of drug-likeness (QED) is 0.0477. The molecular weight excluding hydrogens is 584 g/mol. The van der Waals surface area contributed by atoms with Crippen LogP contribution in [-0.4, -0.2) is 78.0 Å². The Bertz CT molecular complexity index is 616. The predicted octanol–water partition coefficient (Wildman–Crippen LogP) is 9.54. The monoisotopic (exact) mass is 659 g/mol. The fraction of sp³-hybridized carbons (Fsp3) is 0.947. The first kappa shape index (κ1) is 44.8. The van der Waals surface area contributed by atoms with Gasteiger partial charge in [0, 0.05) is 12.8 Å². The van der Waals surface area contributed by atoms with Gasteiger partial charge in [-0.25, -0.2) is 0 Å². The summed E-state index contributed by atoms with van der Waals surface area (Å²) < 4.78 is 32.3. The van der Waals surface area contributed by atoms with Gasteiger partial charge in [-0.1, -0.05) is 142 Å². The van der Waals surface area contributed by atoms with Gasteiger partial charge in [-0.15, -0.1) is 0 Å². The van der Waals surface area contributed by atoms with Crippen molar-refractivity contribution in [1.29, 1.82) is 0 Å². The van der Waals surface area contributed by atoms with Crippen LogP contribution in [0.3, 0.4) is 0 Å². The van der Waals surface area contributed by atoms with Crippen molar-refractivity contribution in [2.24, 2.45) is 0 Å². The summed E-state index contributed by atoms with van der Waals surface area (Å²) in [5, 5.41) is 0. The molecule has 0 bridgehead atoms. The van der Waals surface area contributed by atoms with E-state index < -0.39 is 0 Å². The van der Waals surface area contributed by atoms with Crippen LogP contribution in [0.5, 0.6) is 0 Å². The molecule has 8 nitrogen and oxygen atoms in total. The predicted molar refractivity (Wildman–Crippen MR) is 187 cm³/mol. The van der Waals surface area contributed by atoms with Crippen LogP contribution in [0.2, 0.25) is 0 Å². The third kappa shape index (κ3) is 39.0. The molecule has 0 amide bonds. The van der Waals surface area contributed by atoms with Crippen molar-refractivity contribution in [1.82, 2.24) is 0 Å². The molecular formula is C38H74O8. The number of carbonyl (C=O) groups is 2. The average Bonchev–Trinajstić information content (AvgIpc) is 3.05. The van der Waals surface area contributed by atoms with Crippen molar-refractivity contribution in [3.63, 3.8) is 0 Å². The molecule has 0 fully saturated rings. The number of unbranched alkanes of at least 4 members (excludes halogenated alkanes) is 20. The molecule has 274 valence electrons. The number of ether oxygens (including phenoxy) is 6. The highest BCUT2D eigenvalue weighted by molar-refractivity contribution is 5.69. The molecule has 0 rings (SSSR count). The van der Waals surface area contributed by atoms with Crippen LogP contribution >= 0.6 is 0 Å². The zero-order chi connectivity index (χ0) is 33.4. The Morgan fingerprint density at radius 3 is 0.783 bits per heavy atom. The highest BCUT2D eigenvalue weighted by Crippen LogP contribution is 2.14. The van der Waals surface area contributed by atoms with Crippen LogP contribution in [0, 0.1) is 0 Å². The number of carbonyl (C=O) groups excluding carboxylic acids is 2. The van der Waals surface area contributed by atoms with Gasteiger partial charge >= 0.3 is 11.9 Å². The fourth-order valence-corrected chi connectivity index (χ4v) is 5.20. The van der Waals surface area contributed by atoms with Crippen LogP contribution in [0.25, 0.3) is 0 Å². The first-order chi connectivity index (χ1) is 22.7. The lowest BCUT2D eigenvalue weighted by Gasteiger charge is -2.08. The lowest BCUT2D eigenvalue weighted by atomic mass is 10.0. The SMILES string of the molecule is CCCCCCCCCCCCCCCCCC(=O)OCCOCCOCCOCCOCCOC(=O)CCCCCCCCC. The molecule has 0 aromatic carbocycles. The van der Waals surface area contributed by atoms with Gasteiger partial charge in [0.1, 0.15) is 13.2 Å². The van der Waals surface area contributed by atoms with Crippen LogP contribution < -0.4 is 0 Å². The lowest BCUT2D eigenvalue weighted by Crippen LogP contribution is -2.15. The normalized spacial score (nSPS) is 11.3. The summed E-state index contributed by atoms with van der Waals surface area (Å²) in [5.74, 6) is -0.267. The van der Waals surface area contributed by atoms with Crippen LogP contribution in [0.15, 0.2) is 0 Å². The Morgan fingerprint density at radius 1 is 0.304 bits per heavy atom. The molecule has 0 aromatic heterocycles. The molecule has 0 aromatic rings. The van der Waals surface area contributed by atoms with E-state index in [-0.39, 0.29) is 18.5 Å². The van der Waals surface area contributed by atoms with E-state index in [0.29, 0.717) is 72.3 Å². The van der Waals surface area contributed by atoms with E-state index in [1.165, 1.54) is 116 Å². The molecule has 8 heteroatoms. The van der Waals surface area contributed by atoms with Crippen LogP contribution in [0.1, 0.15) is 168 Å².